The molecule has 0 atom stereocenters. The number of aryl methyl sites for hydroxylation is 1. The SMILES string of the molecule is Cc1cccc(-c2nnc(SCC(=O)Nc3ccc(Cl)c(C(F)(F)F)c3)n2-c2ccc(Cl)cc2)c1. The van der Waals surface area contributed by atoms with E-state index < -0.39 is 22.7 Å². The molecule has 4 aromatic rings. The lowest BCUT2D eigenvalue weighted by Gasteiger charge is -2.12. The van der Waals surface area contributed by atoms with Crippen molar-refractivity contribution in [3.8, 4) is 17.1 Å². The molecule has 5 nitrogen and oxygen atoms in total. The van der Waals surface area contributed by atoms with Gasteiger partial charge in [0.05, 0.1) is 16.3 Å². The Hall–Kier alpha value is -3.01. The standard InChI is InChI=1S/C24H17Cl2F3N4OS/c1-14-3-2-4-15(11-14)22-31-32-23(33(22)18-8-5-16(25)6-9-18)35-13-21(34)30-17-7-10-20(26)19(12-17)24(27,28)29/h2-12H,13H2,1H3,(H,30,34). The van der Waals surface area contributed by atoms with Crippen molar-refractivity contribution in [1.29, 1.82) is 0 Å². The zero-order valence-electron chi connectivity index (χ0n) is 18.1. The summed E-state index contributed by atoms with van der Waals surface area (Å²) < 4.78 is 41.1. The van der Waals surface area contributed by atoms with E-state index in [9.17, 15) is 18.0 Å². The molecule has 180 valence electrons. The van der Waals surface area contributed by atoms with E-state index >= 15 is 0 Å². The third-order valence-corrected chi connectivity index (χ3v) is 6.39. The maximum atomic E-state index is 13.1. The van der Waals surface area contributed by atoms with Gasteiger partial charge in [-0.15, -0.1) is 10.2 Å². The fraction of sp³-hybridized carbons (Fsp3) is 0.125. The number of hydrogen-bond acceptors (Lipinski definition) is 4. The molecule has 35 heavy (non-hydrogen) atoms. The highest BCUT2D eigenvalue weighted by atomic mass is 35.5. The van der Waals surface area contributed by atoms with Gasteiger partial charge in [0.15, 0.2) is 11.0 Å². The number of carbonyl (C=O) groups excluding carboxylic acids is 1. The molecule has 0 aliphatic heterocycles. The first-order valence-electron chi connectivity index (χ1n) is 10.2. The van der Waals surface area contributed by atoms with E-state index in [1.165, 1.54) is 6.07 Å². The maximum absolute atomic E-state index is 13.1. The van der Waals surface area contributed by atoms with Crippen LogP contribution in [0.1, 0.15) is 11.1 Å². The number of hydrogen-bond donors (Lipinski definition) is 1. The number of benzene rings is 3. The van der Waals surface area contributed by atoms with Crippen LogP contribution in [-0.2, 0) is 11.0 Å². The molecule has 0 saturated heterocycles. The Morgan fingerprint density at radius 2 is 1.77 bits per heavy atom. The molecule has 1 N–H and O–H groups in total. The Kier molecular flexibility index (Phi) is 7.39. The summed E-state index contributed by atoms with van der Waals surface area (Å²) in [5.41, 5.74) is 1.60. The van der Waals surface area contributed by atoms with E-state index in [0.717, 1.165) is 40.7 Å². The highest BCUT2D eigenvalue weighted by Crippen LogP contribution is 2.36. The van der Waals surface area contributed by atoms with Crippen molar-refractivity contribution in [2.75, 3.05) is 11.1 Å². The van der Waals surface area contributed by atoms with E-state index in [1.807, 2.05) is 43.3 Å². The molecule has 1 heterocycles. The predicted molar refractivity (Wildman–Crippen MR) is 132 cm³/mol. The van der Waals surface area contributed by atoms with Crippen LogP contribution < -0.4 is 5.32 Å². The van der Waals surface area contributed by atoms with E-state index in [0.29, 0.717) is 16.0 Å². The molecule has 0 spiro atoms. The number of thioether (sulfide) groups is 1. The second-order valence-corrected chi connectivity index (χ2v) is 9.30. The Morgan fingerprint density at radius 3 is 2.46 bits per heavy atom. The van der Waals surface area contributed by atoms with Crippen LogP contribution in [0.15, 0.2) is 71.9 Å². The molecule has 0 fully saturated rings. The van der Waals surface area contributed by atoms with Gasteiger partial charge in [-0.05, 0) is 55.5 Å². The lowest BCUT2D eigenvalue weighted by molar-refractivity contribution is -0.137. The van der Waals surface area contributed by atoms with Crippen LogP contribution in [0, 0.1) is 6.92 Å². The Balaban J connectivity index is 1.58. The molecular weight excluding hydrogens is 520 g/mol. The molecule has 0 bridgehead atoms. The minimum atomic E-state index is -4.63. The Bertz CT molecular complexity index is 1370. The number of nitrogens with zero attached hydrogens (tertiary/aromatic N) is 3. The van der Waals surface area contributed by atoms with Crippen LogP contribution in [0.3, 0.4) is 0 Å². The van der Waals surface area contributed by atoms with Crippen molar-refractivity contribution < 1.29 is 18.0 Å². The summed E-state index contributed by atoms with van der Waals surface area (Å²) in [4.78, 5) is 12.5. The van der Waals surface area contributed by atoms with Crippen LogP contribution >= 0.6 is 35.0 Å². The maximum Gasteiger partial charge on any atom is 0.417 e. The summed E-state index contributed by atoms with van der Waals surface area (Å²) in [6, 6.07) is 18.0. The number of carbonyl (C=O) groups is 1. The number of nitrogens with one attached hydrogen (secondary N) is 1. The summed E-state index contributed by atoms with van der Waals surface area (Å²) >= 11 is 12.8. The molecule has 1 amide bonds. The van der Waals surface area contributed by atoms with E-state index in [1.54, 1.807) is 16.7 Å². The Labute approximate surface area is 213 Å². The molecule has 3 aromatic carbocycles. The van der Waals surface area contributed by atoms with E-state index in [2.05, 4.69) is 15.5 Å². The van der Waals surface area contributed by atoms with Crippen molar-refractivity contribution >= 4 is 46.6 Å². The Morgan fingerprint density at radius 1 is 1.03 bits per heavy atom. The lowest BCUT2D eigenvalue weighted by Crippen LogP contribution is -2.15. The number of anilines is 1. The summed E-state index contributed by atoms with van der Waals surface area (Å²) in [5.74, 6) is -0.0385. The zero-order valence-corrected chi connectivity index (χ0v) is 20.4. The lowest BCUT2D eigenvalue weighted by atomic mass is 10.1. The third kappa shape index (κ3) is 5.98. The number of aromatic nitrogens is 3. The third-order valence-electron chi connectivity index (χ3n) is 4.88. The fourth-order valence-corrected chi connectivity index (χ4v) is 4.41. The molecule has 0 radical (unpaired) electrons. The van der Waals surface area contributed by atoms with Gasteiger partial charge in [0.25, 0.3) is 0 Å². The molecule has 0 aliphatic carbocycles. The summed E-state index contributed by atoms with van der Waals surface area (Å²) in [7, 11) is 0. The highest BCUT2D eigenvalue weighted by molar-refractivity contribution is 7.99. The van der Waals surface area contributed by atoms with Gasteiger partial charge in [0.1, 0.15) is 0 Å². The van der Waals surface area contributed by atoms with Gasteiger partial charge in [-0.3, -0.25) is 9.36 Å². The van der Waals surface area contributed by atoms with Crippen molar-refractivity contribution in [2.24, 2.45) is 0 Å². The molecule has 0 aliphatic rings. The minimum Gasteiger partial charge on any atom is -0.325 e. The van der Waals surface area contributed by atoms with Crippen molar-refractivity contribution in [2.45, 2.75) is 18.3 Å². The molecule has 0 unspecified atom stereocenters. The van der Waals surface area contributed by atoms with Gasteiger partial charge < -0.3 is 5.32 Å². The van der Waals surface area contributed by atoms with Gasteiger partial charge in [0, 0.05) is 22.0 Å². The highest BCUT2D eigenvalue weighted by Gasteiger charge is 2.33. The average molecular weight is 537 g/mol. The predicted octanol–water partition coefficient (Wildman–Crippen LogP) is 7.30. The first kappa shape index (κ1) is 25.1. The summed E-state index contributed by atoms with van der Waals surface area (Å²) in [5, 5.41) is 11.6. The molecule has 0 saturated carbocycles. The molecule has 11 heteroatoms. The van der Waals surface area contributed by atoms with Gasteiger partial charge in [-0.2, -0.15) is 13.2 Å². The number of amides is 1. The van der Waals surface area contributed by atoms with Crippen LogP contribution in [0.5, 0.6) is 0 Å². The first-order valence-corrected chi connectivity index (χ1v) is 11.9. The normalized spacial score (nSPS) is 11.5. The van der Waals surface area contributed by atoms with Gasteiger partial charge >= 0.3 is 6.18 Å². The fourth-order valence-electron chi connectivity index (χ4n) is 3.30. The van der Waals surface area contributed by atoms with Crippen molar-refractivity contribution in [1.82, 2.24) is 14.8 Å². The zero-order chi connectivity index (χ0) is 25.2. The monoisotopic (exact) mass is 536 g/mol. The van der Waals surface area contributed by atoms with Gasteiger partial charge in [-0.1, -0.05) is 58.7 Å². The van der Waals surface area contributed by atoms with Crippen molar-refractivity contribution in [3.05, 3.63) is 87.9 Å². The minimum absolute atomic E-state index is 0.00746. The molecule has 1 aromatic heterocycles. The molecule has 4 rings (SSSR count). The van der Waals surface area contributed by atoms with Crippen LogP contribution in [0.4, 0.5) is 18.9 Å². The number of alkyl halides is 3. The summed E-state index contributed by atoms with van der Waals surface area (Å²) in [6.07, 6.45) is -4.63. The van der Waals surface area contributed by atoms with Crippen LogP contribution in [-0.4, -0.2) is 26.4 Å². The number of halogens is 5. The van der Waals surface area contributed by atoms with Gasteiger partial charge in [0.2, 0.25) is 5.91 Å². The quantitative estimate of drug-likeness (QED) is 0.262. The first-order chi connectivity index (χ1) is 16.6. The second kappa shape index (κ2) is 10.3. The van der Waals surface area contributed by atoms with E-state index in [-0.39, 0.29) is 11.4 Å². The second-order valence-electron chi connectivity index (χ2n) is 7.52. The summed E-state index contributed by atoms with van der Waals surface area (Å²) in [6.45, 7) is 1.97. The smallest absolute Gasteiger partial charge is 0.325 e. The number of rotatable bonds is 6. The largest absolute Gasteiger partial charge is 0.417 e. The van der Waals surface area contributed by atoms with Crippen molar-refractivity contribution in [3.63, 3.8) is 0 Å². The molecular formula is C24H17Cl2F3N4OS. The van der Waals surface area contributed by atoms with Gasteiger partial charge in [-0.25, -0.2) is 0 Å². The average Bonchev–Trinajstić information content (AvgIpc) is 3.23. The topological polar surface area (TPSA) is 59.8 Å². The van der Waals surface area contributed by atoms with Crippen LogP contribution in [0.2, 0.25) is 10.0 Å². The van der Waals surface area contributed by atoms with Crippen LogP contribution in [0.25, 0.3) is 17.1 Å². The van der Waals surface area contributed by atoms with E-state index in [4.69, 9.17) is 23.2 Å².